The van der Waals surface area contributed by atoms with E-state index in [4.69, 9.17) is 0 Å². The van der Waals surface area contributed by atoms with Gasteiger partial charge in [0.1, 0.15) is 10.6 Å². The van der Waals surface area contributed by atoms with Crippen molar-refractivity contribution < 1.29 is 26.5 Å². The van der Waals surface area contributed by atoms with Crippen LogP contribution in [0.3, 0.4) is 0 Å². The highest BCUT2D eigenvalue weighted by molar-refractivity contribution is 7.89. The van der Waals surface area contributed by atoms with Crippen molar-refractivity contribution in [3.63, 3.8) is 0 Å². The lowest BCUT2D eigenvalue weighted by Gasteiger charge is -2.25. The number of sulfonamides is 1. The maximum absolute atomic E-state index is 12.5. The minimum absolute atomic E-state index is 0.161. The summed E-state index contributed by atoms with van der Waals surface area (Å²) < 4.78 is 59.6. The van der Waals surface area contributed by atoms with Gasteiger partial charge < -0.3 is 5.11 Å². The molecule has 0 radical (unpaired) electrons. The first-order valence-electron chi connectivity index (χ1n) is 7.69. The summed E-state index contributed by atoms with van der Waals surface area (Å²) in [6, 6.07) is 7.06. The number of hydrogen-bond donors (Lipinski definition) is 3. The maximum atomic E-state index is 12.5. The van der Waals surface area contributed by atoms with Crippen LogP contribution in [0.2, 0.25) is 0 Å². The first kappa shape index (κ1) is 20.6. The van der Waals surface area contributed by atoms with Gasteiger partial charge in [0.25, 0.3) is 0 Å². The molecule has 0 saturated carbocycles. The molecule has 2 rings (SSSR count). The van der Waals surface area contributed by atoms with Crippen molar-refractivity contribution in [1.82, 2.24) is 8.61 Å². The number of phenols is 1. The first-order chi connectivity index (χ1) is 11.6. The molecule has 0 aliphatic rings. The maximum Gasteiger partial charge on any atom is 0.437 e. The number of quaternary nitrogens is 1. The minimum Gasteiger partial charge on any atom is -0.506 e. The van der Waals surface area contributed by atoms with Gasteiger partial charge in [-0.2, -0.15) is 3.89 Å². The Kier molecular flexibility index (Phi) is 4.89. The molecule has 0 bridgehead atoms. The number of benzene rings is 2. The second kappa shape index (κ2) is 6.17. The van der Waals surface area contributed by atoms with Crippen molar-refractivity contribution >= 4 is 36.8 Å². The van der Waals surface area contributed by atoms with Crippen molar-refractivity contribution in [2.45, 2.75) is 31.2 Å². The molecular formula is C16H23N2O6S2+. The fourth-order valence-corrected chi connectivity index (χ4v) is 4.51. The van der Waals surface area contributed by atoms with Gasteiger partial charge in [0.15, 0.2) is 5.69 Å². The van der Waals surface area contributed by atoms with Crippen LogP contribution in [-0.2, 0) is 20.3 Å². The summed E-state index contributed by atoms with van der Waals surface area (Å²) >= 11 is 0. The number of hydrogen-bond acceptors (Lipinski definition) is 5. The van der Waals surface area contributed by atoms with E-state index in [0.29, 0.717) is 5.39 Å². The van der Waals surface area contributed by atoms with E-state index in [9.17, 15) is 26.5 Å². The highest BCUT2D eigenvalue weighted by Crippen LogP contribution is 2.38. The van der Waals surface area contributed by atoms with Crippen LogP contribution >= 0.6 is 0 Å². The van der Waals surface area contributed by atoms with Gasteiger partial charge in [-0.15, -0.1) is 8.42 Å². The largest absolute Gasteiger partial charge is 0.506 e. The highest BCUT2D eigenvalue weighted by atomic mass is 32.2. The predicted molar refractivity (Wildman–Crippen MR) is 101 cm³/mol. The molecule has 0 aliphatic carbocycles. The predicted octanol–water partition coefficient (Wildman–Crippen LogP) is 1.99. The van der Waals surface area contributed by atoms with Gasteiger partial charge in [0.05, 0.1) is 14.1 Å². The Morgan fingerprint density at radius 3 is 2.04 bits per heavy atom. The molecule has 0 aromatic heterocycles. The molecule has 0 atom stereocenters. The smallest absolute Gasteiger partial charge is 0.437 e. The fourth-order valence-electron chi connectivity index (χ4n) is 2.57. The summed E-state index contributed by atoms with van der Waals surface area (Å²) in [5.74, 6) is -0.489. The Balaban J connectivity index is 2.77. The lowest BCUT2D eigenvalue weighted by molar-refractivity contribution is 0.413. The van der Waals surface area contributed by atoms with Crippen LogP contribution in [0.5, 0.6) is 5.75 Å². The van der Waals surface area contributed by atoms with E-state index in [1.165, 1.54) is 44.4 Å². The second-order valence-corrected chi connectivity index (χ2v) is 10.9. The molecule has 0 saturated heterocycles. The molecule has 10 heteroatoms. The Hall–Kier alpha value is -1.72. The summed E-state index contributed by atoms with van der Waals surface area (Å²) in [6.07, 6.45) is 0. The van der Waals surface area contributed by atoms with Crippen molar-refractivity contribution in [1.29, 1.82) is 0 Å². The number of nitrogens with one attached hydrogen (secondary N) is 1. The summed E-state index contributed by atoms with van der Waals surface area (Å²) in [4.78, 5) is -0.311. The van der Waals surface area contributed by atoms with Crippen LogP contribution in [0.1, 0.15) is 20.8 Å². The van der Waals surface area contributed by atoms with Gasteiger partial charge in [-0.1, -0.05) is 12.1 Å². The van der Waals surface area contributed by atoms with Crippen LogP contribution in [0, 0.1) is 0 Å². The molecule has 0 unspecified atom stereocenters. The van der Waals surface area contributed by atoms with E-state index < -0.39 is 35.5 Å². The molecule has 3 N–H and O–H groups in total. The summed E-state index contributed by atoms with van der Waals surface area (Å²) in [7, 11) is -5.94. The molecule has 0 amide bonds. The highest BCUT2D eigenvalue weighted by Gasteiger charge is 2.36. The molecule has 2 aromatic carbocycles. The minimum atomic E-state index is -4.50. The zero-order chi connectivity index (χ0) is 20.1. The Morgan fingerprint density at radius 2 is 1.54 bits per heavy atom. The third-order valence-electron chi connectivity index (χ3n) is 3.86. The second-order valence-electron chi connectivity index (χ2n) is 7.44. The fraction of sp³-hybridized carbons (Fsp3) is 0.375. The van der Waals surface area contributed by atoms with Gasteiger partial charge in [0.2, 0.25) is 10.0 Å². The Morgan fingerprint density at radius 1 is 0.962 bits per heavy atom. The average molecular weight is 404 g/mol. The Bertz CT molecular complexity index is 1070. The standard InChI is InChI=1S/C16H22N2O6S2/c1-16(2,3)17-25(20,21)14-10-9-11-12(15(14)19)7-6-8-13(11)18(4,5)26(22,23)24/h6-10,17H,1-5H3,(H-,19,22,23,24)/p+1. The molecule has 144 valence electrons. The van der Waals surface area contributed by atoms with E-state index in [-0.39, 0.29) is 16.0 Å². The van der Waals surface area contributed by atoms with E-state index in [1.54, 1.807) is 20.8 Å². The normalized spacial score (nSPS) is 13.9. The topological polar surface area (TPSA) is 121 Å². The zero-order valence-corrected chi connectivity index (χ0v) is 16.8. The van der Waals surface area contributed by atoms with E-state index in [2.05, 4.69) is 4.72 Å². The molecule has 2 aromatic rings. The number of phenolic OH excluding ortho intramolecular Hbond substituents is 1. The number of rotatable bonds is 4. The van der Waals surface area contributed by atoms with Crippen molar-refractivity contribution in [2.75, 3.05) is 14.1 Å². The van der Waals surface area contributed by atoms with E-state index in [0.717, 1.165) is 0 Å². The van der Waals surface area contributed by atoms with Crippen molar-refractivity contribution in [2.24, 2.45) is 0 Å². The average Bonchev–Trinajstić information content (AvgIpc) is 2.43. The first-order valence-corrected chi connectivity index (χ1v) is 10.6. The lowest BCUT2D eigenvalue weighted by atomic mass is 10.1. The molecule has 0 spiro atoms. The molecular weight excluding hydrogens is 380 g/mol. The van der Waals surface area contributed by atoms with Crippen molar-refractivity contribution in [3.8, 4) is 5.75 Å². The quantitative estimate of drug-likeness (QED) is 0.530. The molecule has 8 nitrogen and oxygen atoms in total. The third-order valence-corrected chi connectivity index (χ3v) is 7.00. The van der Waals surface area contributed by atoms with E-state index >= 15 is 0 Å². The molecule has 26 heavy (non-hydrogen) atoms. The van der Waals surface area contributed by atoms with Gasteiger partial charge in [-0.25, -0.2) is 17.7 Å². The zero-order valence-electron chi connectivity index (χ0n) is 15.2. The van der Waals surface area contributed by atoms with Crippen LogP contribution in [0.15, 0.2) is 35.2 Å². The number of aromatic hydroxyl groups is 1. The lowest BCUT2D eigenvalue weighted by Crippen LogP contribution is -2.46. The van der Waals surface area contributed by atoms with Gasteiger partial charge in [-0.05, 0) is 32.9 Å². The van der Waals surface area contributed by atoms with Gasteiger partial charge in [0, 0.05) is 22.4 Å². The van der Waals surface area contributed by atoms with Gasteiger partial charge >= 0.3 is 10.3 Å². The molecule has 0 heterocycles. The number of nitrogens with zero attached hydrogens (tertiary/aromatic N) is 1. The molecule has 0 aliphatic heterocycles. The Labute approximate surface area is 153 Å². The molecule has 0 fully saturated rings. The van der Waals surface area contributed by atoms with Crippen LogP contribution in [-0.4, -0.2) is 46.1 Å². The van der Waals surface area contributed by atoms with Crippen LogP contribution < -0.4 is 8.61 Å². The third kappa shape index (κ3) is 3.69. The summed E-state index contributed by atoms with van der Waals surface area (Å²) in [5, 5.41) is 11.0. The van der Waals surface area contributed by atoms with Crippen LogP contribution in [0.25, 0.3) is 10.8 Å². The SMILES string of the molecule is CC(C)(C)NS(=O)(=O)c1ccc2c([N+](C)(C)S(=O)(=O)O)cccc2c1O. The van der Waals surface area contributed by atoms with E-state index in [1.807, 2.05) is 0 Å². The summed E-state index contributed by atoms with van der Waals surface area (Å²) in [5.41, 5.74) is -0.556. The van der Waals surface area contributed by atoms with Gasteiger partial charge in [-0.3, -0.25) is 0 Å². The monoisotopic (exact) mass is 403 g/mol. The van der Waals surface area contributed by atoms with Crippen LogP contribution in [0.4, 0.5) is 5.69 Å². The number of fused-ring (bicyclic) bond motifs is 1. The van der Waals surface area contributed by atoms with Crippen molar-refractivity contribution in [3.05, 3.63) is 30.3 Å². The summed E-state index contributed by atoms with van der Waals surface area (Å²) in [6.45, 7) is 5.02.